The summed E-state index contributed by atoms with van der Waals surface area (Å²) in [6, 6.07) is 20.8. The average molecular weight is 315 g/mol. The molecule has 0 radical (unpaired) electrons. The zero-order chi connectivity index (χ0) is 13.1. The van der Waals surface area contributed by atoms with Gasteiger partial charge in [-0.1, -0.05) is 64.5 Å². The molecule has 0 amide bonds. The summed E-state index contributed by atoms with van der Waals surface area (Å²) in [5, 5.41) is 1.18. The monoisotopic (exact) mass is 314 g/mol. The molecule has 0 aliphatic heterocycles. The minimum Gasteiger partial charge on any atom is -0.461 e. The van der Waals surface area contributed by atoms with Crippen LogP contribution in [-0.4, -0.2) is 0 Å². The van der Waals surface area contributed by atoms with Crippen LogP contribution in [0.4, 0.5) is 0 Å². The molecule has 0 aliphatic carbocycles. The Bertz CT molecular complexity index is 624. The predicted molar refractivity (Wildman–Crippen MR) is 82.6 cm³/mol. The Kier molecular flexibility index (Phi) is 3.69. The van der Waals surface area contributed by atoms with Crippen LogP contribution in [0, 0.1) is 0 Å². The third-order valence-electron chi connectivity index (χ3n) is 3.28. The van der Waals surface area contributed by atoms with E-state index < -0.39 is 0 Å². The molecule has 3 aromatic rings. The maximum atomic E-state index is 5.83. The molecule has 96 valence electrons. The van der Waals surface area contributed by atoms with E-state index in [4.69, 9.17) is 4.42 Å². The molecule has 1 nitrogen and oxygen atoms in total. The molecular weight excluding hydrogens is 300 g/mol. The highest BCUT2D eigenvalue weighted by Gasteiger charge is 2.09. The van der Waals surface area contributed by atoms with Crippen LogP contribution in [0.2, 0.25) is 0 Å². The van der Waals surface area contributed by atoms with Gasteiger partial charge in [-0.25, -0.2) is 0 Å². The largest absolute Gasteiger partial charge is 0.461 e. The minimum atomic E-state index is 0.377. The summed E-state index contributed by atoms with van der Waals surface area (Å²) in [6.45, 7) is 0. The Morgan fingerprint density at radius 2 is 1.68 bits per heavy atom. The zero-order valence-electron chi connectivity index (χ0n) is 10.6. The van der Waals surface area contributed by atoms with Gasteiger partial charge in [0.1, 0.15) is 11.3 Å². The van der Waals surface area contributed by atoms with Gasteiger partial charge < -0.3 is 4.42 Å². The molecule has 2 aromatic carbocycles. The number of hydrogen-bond acceptors (Lipinski definition) is 1. The summed E-state index contributed by atoms with van der Waals surface area (Å²) in [5.41, 5.74) is 2.29. The Labute approximate surface area is 121 Å². The van der Waals surface area contributed by atoms with Crippen molar-refractivity contribution in [3.8, 4) is 0 Å². The molecule has 1 atom stereocenters. The molecule has 0 saturated heterocycles. The molecule has 19 heavy (non-hydrogen) atoms. The van der Waals surface area contributed by atoms with Gasteiger partial charge in [0.2, 0.25) is 0 Å². The topological polar surface area (TPSA) is 13.1 Å². The number of para-hydroxylation sites is 1. The van der Waals surface area contributed by atoms with Crippen molar-refractivity contribution < 1.29 is 4.42 Å². The quantitative estimate of drug-likeness (QED) is 0.579. The second-order valence-corrected chi connectivity index (χ2v) is 5.77. The number of halogens is 1. The number of aryl methyl sites for hydroxylation is 1. The number of hydrogen-bond donors (Lipinski definition) is 0. The Balaban J connectivity index is 1.69. The van der Waals surface area contributed by atoms with Gasteiger partial charge >= 0.3 is 0 Å². The van der Waals surface area contributed by atoms with Crippen LogP contribution in [-0.2, 0) is 6.42 Å². The first-order valence-electron chi connectivity index (χ1n) is 6.49. The third kappa shape index (κ3) is 2.90. The highest BCUT2D eigenvalue weighted by atomic mass is 79.9. The van der Waals surface area contributed by atoms with Crippen LogP contribution < -0.4 is 0 Å². The molecule has 0 bridgehead atoms. The second-order valence-electron chi connectivity index (χ2n) is 4.67. The van der Waals surface area contributed by atoms with Gasteiger partial charge in [-0.2, -0.15) is 0 Å². The summed E-state index contributed by atoms with van der Waals surface area (Å²) in [7, 11) is 0. The lowest BCUT2D eigenvalue weighted by atomic mass is 10.1. The van der Waals surface area contributed by atoms with E-state index in [1.165, 1.54) is 10.9 Å². The van der Waals surface area contributed by atoms with Gasteiger partial charge in [0.25, 0.3) is 0 Å². The van der Waals surface area contributed by atoms with Crippen LogP contribution in [0.15, 0.2) is 65.1 Å². The van der Waals surface area contributed by atoms with E-state index in [0.29, 0.717) is 4.83 Å². The van der Waals surface area contributed by atoms with Crippen molar-refractivity contribution in [1.82, 2.24) is 0 Å². The molecular formula is C17H15BrO. The van der Waals surface area contributed by atoms with Crippen molar-refractivity contribution in [2.45, 2.75) is 17.7 Å². The van der Waals surface area contributed by atoms with E-state index in [2.05, 4.69) is 52.3 Å². The molecule has 1 unspecified atom stereocenters. The van der Waals surface area contributed by atoms with E-state index in [1.807, 2.05) is 24.3 Å². The van der Waals surface area contributed by atoms with Gasteiger partial charge in [-0.3, -0.25) is 0 Å². The fraction of sp³-hybridized carbons (Fsp3) is 0.176. The molecule has 0 spiro atoms. The van der Waals surface area contributed by atoms with Gasteiger partial charge in [0.15, 0.2) is 0 Å². The first kappa shape index (κ1) is 12.5. The van der Waals surface area contributed by atoms with Crippen molar-refractivity contribution in [3.05, 3.63) is 72.0 Å². The number of fused-ring (bicyclic) bond motifs is 1. The number of benzene rings is 2. The molecule has 0 saturated carbocycles. The molecule has 1 aromatic heterocycles. The van der Waals surface area contributed by atoms with Crippen LogP contribution in [0.25, 0.3) is 11.0 Å². The molecule has 1 heterocycles. The van der Waals surface area contributed by atoms with Crippen LogP contribution in [0.5, 0.6) is 0 Å². The lowest BCUT2D eigenvalue weighted by molar-refractivity contribution is 0.538. The van der Waals surface area contributed by atoms with Gasteiger partial charge in [-0.05, 0) is 24.1 Å². The van der Waals surface area contributed by atoms with Crippen molar-refractivity contribution >= 4 is 26.9 Å². The number of alkyl halides is 1. The number of rotatable bonds is 4. The van der Waals surface area contributed by atoms with Crippen LogP contribution >= 0.6 is 15.9 Å². The second kappa shape index (κ2) is 5.62. The fourth-order valence-electron chi connectivity index (χ4n) is 2.26. The highest BCUT2D eigenvalue weighted by molar-refractivity contribution is 9.09. The highest BCUT2D eigenvalue weighted by Crippen LogP contribution is 2.29. The smallest absolute Gasteiger partial charge is 0.134 e. The lowest BCUT2D eigenvalue weighted by Crippen LogP contribution is -1.92. The lowest BCUT2D eigenvalue weighted by Gasteiger charge is -2.08. The van der Waals surface area contributed by atoms with E-state index in [9.17, 15) is 0 Å². The van der Waals surface area contributed by atoms with Crippen molar-refractivity contribution in [2.75, 3.05) is 0 Å². The number of furan rings is 1. The van der Waals surface area contributed by atoms with E-state index in [1.54, 1.807) is 0 Å². The first-order chi connectivity index (χ1) is 9.33. The maximum Gasteiger partial charge on any atom is 0.134 e. The van der Waals surface area contributed by atoms with Crippen LogP contribution in [0.1, 0.15) is 22.6 Å². The summed E-state index contributed by atoms with van der Waals surface area (Å²) in [6.07, 6.45) is 1.98. The standard InChI is InChI=1S/C17H15BrO/c18-16(13-6-2-1-3-7-13)11-10-15-12-14-8-4-5-9-17(14)19-15/h1-9,12,16H,10-11H2. The van der Waals surface area contributed by atoms with E-state index in [-0.39, 0.29) is 0 Å². The molecule has 0 N–H and O–H groups in total. The molecule has 0 fully saturated rings. The molecule has 0 aliphatic rings. The van der Waals surface area contributed by atoms with Gasteiger partial charge in [0, 0.05) is 16.6 Å². The summed E-state index contributed by atoms with van der Waals surface area (Å²) < 4.78 is 5.83. The maximum absolute atomic E-state index is 5.83. The Morgan fingerprint density at radius 3 is 2.47 bits per heavy atom. The SMILES string of the molecule is BrC(CCc1cc2ccccc2o1)c1ccccc1. The van der Waals surface area contributed by atoms with Crippen molar-refractivity contribution in [2.24, 2.45) is 0 Å². The first-order valence-corrected chi connectivity index (χ1v) is 7.41. The minimum absolute atomic E-state index is 0.377. The summed E-state index contributed by atoms with van der Waals surface area (Å²) >= 11 is 3.75. The van der Waals surface area contributed by atoms with Gasteiger partial charge in [0.05, 0.1) is 0 Å². The summed E-state index contributed by atoms with van der Waals surface area (Å²) in [4.78, 5) is 0.377. The third-order valence-corrected chi connectivity index (χ3v) is 4.27. The van der Waals surface area contributed by atoms with Crippen LogP contribution in [0.3, 0.4) is 0 Å². The van der Waals surface area contributed by atoms with Crippen molar-refractivity contribution in [1.29, 1.82) is 0 Å². The Hall–Kier alpha value is -1.54. The average Bonchev–Trinajstić information content (AvgIpc) is 2.88. The van der Waals surface area contributed by atoms with E-state index >= 15 is 0 Å². The molecule has 2 heteroatoms. The zero-order valence-corrected chi connectivity index (χ0v) is 12.1. The normalized spacial score (nSPS) is 12.7. The van der Waals surface area contributed by atoms with Crippen molar-refractivity contribution in [3.63, 3.8) is 0 Å². The fourth-order valence-corrected chi connectivity index (χ4v) is 2.79. The van der Waals surface area contributed by atoms with E-state index in [0.717, 1.165) is 24.2 Å². The molecule has 3 rings (SSSR count). The predicted octanol–water partition coefficient (Wildman–Crippen LogP) is 5.50. The van der Waals surface area contributed by atoms with Gasteiger partial charge in [-0.15, -0.1) is 0 Å². The summed E-state index contributed by atoms with van der Waals surface area (Å²) in [5.74, 6) is 1.06. The Morgan fingerprint density at radius 1 is 0.947 bits per heavy atom.